The minimum absolute atomic E-state index is 0.0141. The van der Waals surface area contributed by atoms with E-state index in [1.807, 2.05) is 31.2 Å². The summed E-state index contributed by atoms with van der Waals surface area (Å²) < 4.78 is 5.53. The van der Waals surface area contributed by atoms with Gasteiger partial charge in [0.2, 0.25) is 0 Å². The SMILES string of the molecule is CC1OCCC1CNc1c([N+](=O)[O-])cnc2ccccc12. The lowest BCUT2D eigenvalue weighted by molar-refractivity contribution is -0.384. The molecule has 2 aromatic rings. The van der Waals surface area contributed by atoms with Crippen LogP contribution in [-0.4, -0.2) is 29.2 Å². The highest BCUT2D eigenvalue weighted by molar-refractivity contribution is 5.95. The molecule has 1 fully saturated rings. The second-order valence-corrected chi connectivity index (χ2v) is 5.30. The zero-order chi connectivity index (χ0) is 14.8. The standard InChI is InChI=1S/C15H17N3O3/c1-10-11(6-7-21-10)8-17-15-12-4-2-3-5-13(12)16-9-14(15)18(19)20/h2-5,9-11H,6-8H2,1H3,(H,16,17). The average Bonchev–Trinajstić information content (AvgIpc) is 2.89. The number of benzene rings is 1. The summed E-state index contributed by atoms with van der Waals surface area (Å²) in [6, 6.07) is 7.44. The van der Waals surface area contributed by atoms with Crippen LogP contribution in [0.2, 0.25) is 0 Å². The number of fused-ring (bicyclic) bond motifs is 1. The van der Waals surface area contributed by atoms with Crippen molar-refractivity contribution in [2.24, 2.45) is 5.92 Å². The Bertz CT molecular complexity index is 674. The van der Waals surface area contributed by atoms with Crippen LogP contribution < -0.4 is 5.32 Å². The number of nitrogens with one attached hydrogen (secondary N) is 1. The van der Waals surface area contributed by atoms with Crippen LogP contribution in [0.1, 0.15) is 13.3 Å². The summed E-state index contributed by atoms with van der Waals surface area (Å²) in [5, 5.41) is 15.3. The highest BCUT2D eigenvalue weighted by atomic mass is 16.6. The fraction of sp³-hybridized carbons (Fsp3) is 0.400. The van der Waals surface area contributed by atoms with Crippen LogP contribution in [-0.2, 0) is 4.74 Å². The second kappa shape index (κ2) is 5.65. The van der Waals surface area contributed by atoms with E-state index in [9.17, 15) is 10.1 Å². The molecule has 3 rings (SSSR count). The van der Waals surface area contributed by atoms with Crippen molar-refractivity contribution >= 4 is 22.3 Å². The first-order valence-corrected chi connectivity index (χ1v) is 7.04. The molecule has 2 atom stereocenters. The van der Waals surface area contributed by atoms with Gasteiger partial charge in [-0.2, -0.15) is 0 Å². The summed E-state index contributed by atoms with van der Waals surface area (Å²) in [6.45, 7) is 3.46. The zero-order valence-corrected chi connectivity index (χ0v) is 11.8. The van der Waals surface area contributed by atoms with Gasteiger partial charge in [0.1, 0.15) is 11.9 Å². The van der Waals surface area contributed by atoms with Crippen molar-refractivity contribution < 1.29 is 9.66 Å². The van der Waals surface area contributed by atoms with Gasteiger partial charge in [-0.1, -0.05) is 18.2 Å². The lowest BCUT2D eigenvalue weighted by atomic mass is 10.0. The van der Waals surface area contributed by atoms with E-state index in [4.69, 9.17) is 4.74 Å². The predicted molar refractivity (Wildman–Crippen MR) is 80.4 cm³/mol. The maximum Gasteiger partial charge on any atom is 0.311 e. The van der Waals surface area contributed by atoms with Crippen molar-refractivity contribution in [3.63, 3.8) is 0 Å². The van der Waals surface area contributed by atoms with Crippen LogP contribution in [0.3, 0.4) is 0 Å². The molecule has 6 nitrogen and oxygen atoms in total. The van der Waals surface area contributed by atoms with Gasteiger partial charge in [-0.3, -0.25) is 10.1 Å². The first-order chi connectivity index (χ1) is 10.2. The van der Waals surface area contributed by atoms with Crippen molar-refractivity contribution in [3.05, 3.63) is 40.6 Å². The van der Waals surface area contributed by atoms with E-state index < -0.39 is 4.92 Å². The maximum absolute atomic E-state index is 11.2. The van der Waals surface area contributed by atoms with Gasteiger partial charge in [-0.15, -0.1) is 0 Å². The molecular weight excluding hydrogens is 270 g/mol. The van der Waals surface area contributed by atoms with E-state index in [0.29, 0.717) is 18.2 Å². The Morgan fingerprint density at radius 2 is 2.29 bits per heavy atom. The number of hydrogen-bond donors (Lipinski definition) is 1. The Kier molecular flexibility index (Phi) is 3.70. The summed E-state index contributed by atoms with van der Waals surface area (Å²) in [5.74, 6) is 0.372. The Labute approximate surface area is 122 Å². The summed E-state index contributed by atoms with van der Waals surface area (Å²) in [4.78, 5) is 15.0. The summed E-state index contributed by atoms with van der Waals surface area (Å²) >= 11 is 0. The number of rotatable bonds is 4. The first-order valence-electron chi connectivity index (χ1n) is 7.04. The van der Waals surface area contributed by atoms with Gasteiger partial charge < -0.3 is 10.1 Å². The minimum atomic E-state index is -0.393. The molecule has 0 radical (unpaired) electrons. The topological polar surface area (TPSA) is 77.3 Å². The smallest absolute Gasteiger partial charge is 0.311 e. The lowest BCUT2D eigenvalue weighted by Gasteiger charge is -2.16. The van der Waals surface area contributed by atoms with Crippen molar-refractivity contribution in [1.29, 1.82) is 0 Å². The molecule has 110 valence electrons. The van der Waals surface area contributed by atoms with Gasteiger partial charge in [0.25, 0.3) is 0 Å². The van der Waals surface area contributed by atoms with Crippen molar-refractivity contribution in [1.82, 2.24) is 4.98 Å². The third-order valence-corrected chi connectivity index (χ3v) is 4.03. The lowest BCUT2D eigenvalue weighted by Crippen LogP contribution is -2.21. The predicted octanol–water partition coefficient (Wildman–Crippen LogP) is 2.98. The van der Waals surface area contributed by atoms with Gasteiger partial charge in [0, 0.05) is 24.5 Å². The molecule has 1 aromatic carbocycles. The fourth-order valence-corrected chi connectivity index (χ4v) is 2.73. The van der Waals surface area contributed by atoms with Crippen LogP contribution in [0.5, 0.6) is 0 Å². The third-order valence-electron chi connectivity index (χ3n) is 4.03. The first kappa shape index (κ1) is 13.8. The van der Waals surface area contributed by atoms with Crippen molar-refractivity contribution in [3.8, 4) is 0 Å². The van der Waals surface area contributed by atoms with Crippen LogP contribution in [0.4, 0.5) is 11.4 Å². The van der Waals surface area contributed by atoms with Gasteiger partial charge in [-0.05, 0) is 19.4 Å². The fourth-order valence-electron chi connectivity index (χ4n) is 2.73. The van der Waals surface area contributed by atoms with E-state index in [1.54, 1.807) is 0 Å². The molecule has 2 heterocycles. The largest absolute Gasteiger partial charge is 0.379 e. The maximum atomic E-state index is 11.2. The van der Waals surface area contributed by atoms with Gasteiger partial charge in [-0.25, -0.2) is 4.98 Å². The molecule has 1 saturated heterocycles. The van der Waals surface area contributed by atoms with Crippen molar-refractivity contribution in [2.45, 2.75) is 19.4 Å². The third kappa shape index (κ3) is 2.67. The van der Waals surface area contributed by atoms with Crippen LogP contribution in [0.25, 0.3) is 10.9 Å². The number of para-hydroxylation sites is 1. The number of nitro groups is 1. The van der Waals surface area contributed by atoms with E-state index in [1.165, 1.54) is 6.20 Å². The molecular formula is C15H17N3O3. The highest BCUT2D eigenvalue weighted by Crippen LogP contribution is 2.32. The normalized spacial score (nSPS) is 21.6. The molecule has 1 aliphatic rings. The molecule has 0 bridgehead atoms. The molecule has 0 aliphatic carbocycles. The Morgan fingerprint density at radius 1 is 1.48 bits per heavy atom. The minimum Gasteiger partial charge on any atom is -0.379 e. The number of aromatic nitrogens is 1. The van der Waals surface area contributed by atoms with E-state index in [2.05, 4.69) is 10.3 Å². The highest BCUT2D eigenvalue weighted by Gasteiger charge is 2.25. The molecule has 0 spiro atoms. The Balaban J connectivity index is 1.94. The van der Waals surface area contributed by atoms with Crippen LogP contribution >= 0.6 is 0 Å². The Hall–Kier alpha value is -2.21. The van der Waals surface area contributed by atoms with E-state index in [-0.39, 0.29) is 11.8 Å². The average molecular weight is 287 g/mol. The van der Waals surface area contributed by atoms with Gasteiger partial charge in [0.05, 0.1) is 16.5 Å². The van der Waals surface area contributed by atoms with Crippen molar-refractivity contribution in [2.75, 3.05) is 18.5 Å². The molecule has 6 heteroatoms. The molecule has 0 amide bonds. The number of nitrogens with zero attached hydrogens (tertiary/aromatic N) is 2. The van der Waals surface area contributed by atoms with Gasteiger partial charge >= 0.3 is 5.69 Å². The quantitative estimate of drug-likeness (QED) is 0.691. The number of ether oxygens (including phenoxy) is 1. The van der Waals surface area contributed by atoms with Gasteiger partial charge in [0.15, 0.2) is 0 Å². The molecule has 0 saturated carbocycles. The summed E-state index contributed by atoms with van der Waals surface area (Å²) in [7, 11) is 0. The molecule has 21 heavy (non-hydrogen) atoms. The van der Waals surface area contributed by atoms with E-state index in [0.717, 1.165) is 23.9 Å². The molecule has 1 N–H and O–H groups in total. The molecule has 2 unspecified atom stereocenters. The second-order valence-electron chi connectivity index (χ2n) is 5.30. The number of hydrogen-bond acceptors (Lipinski definition) is 5. The molecule has 1 aliphatic heterocycles. The zero-order valence-electron chi connectivity index (χ0n) is 11.8. The van der Waals surface area contributed by atoms with Crippen LogP contribution in [0.15, 0.2) is 30.5 Å². The monoisotopic (exact) mass is 287 g/mol. The number of pyridine rings is 1. The summed E-state index contributed by atoms with van der Waals surface area (Å²) in [6.07, 6.45) is 2.48. The molecule has 1 aromatic heterocycles. The number of anilines is 1. The van der Waals surface area contributed by atoms with Crippen LogP contribution in [0, 0.1) is 16.0 Å². The van der Waals surface area contributed by atoms with E-state index >= 15 is 0 Å². The Morgan fingerprint density at radius 3 is 3.00 bits per heavy atom. The summed E-state index contributed by atoms with van der Waals surface area (Å²) in [5.41, 5.74) is 1.31.